The van der Waals surface area contributed by atoms with Crippen molar-refractivity contribution in [1.29, 1.82) is 5.26 Å². The zero-order valence-electron chi connectivity index (χ0n) is 7.98. The Morgan fingerprint density at radius 3 is 1.93 bits per heavy atom. The summed E-state index contributed by atoms with van der Waals surface area (Å²) >= 11 is 0. The Hall–Kier alpha value is -0.720. The van der Waals surface area contributed by atoms with Gasteiger partial charge < -0.3 is 0 Å². The van der Waals surface area contributed by atoms with Gasteiger partial charge in [0, 0.05) is 0 Å². The third kappa shape index (κ3) is 2.90. The molecule has 1 atom stereocenters. The molecule has 14 heavy (non-hydrogen) atoms. The Morgan fingerprint density at radius 2 is 1.57 bits per heavy atom. The van der Waals surface area contributed by atoms with Crippen LogP contribution in [0.5, 0.6) is 0 Å². The molecule has 1 aliphatic carbocycles. The number of hydrogen-bond donors (Lipinski definition) is 0. The number of alkyl halides is 3. The lowest BCUT2D eigenvalue weighted by molar-refractivity contribution is -0.172. The largest absolute Gasteiger partial charge is 0.404 e. The topological polar surface area (TPSA) is 23.8 Å². The first-order chi connectivity index (χ1) is 6.55. The van der Waals surface area contributed by atoms with Crippen LogP contribution in [0, 0.1) is 23.2 Å². The van der Waals surface area contributed by atoms with E-state index in [1.54, 1.807) is 0 Å². The summed E-state index contributed by atoms with van der Waals surface area (Å²) in [6, 6.07) is 1.41. The number of nitrogens with zero attached hydrogens (tertiary/aromatic N) is 1. The monoisotopic (exact) mass is 205 g/mol. The van der Waals surface area contributed by atoms with Crippen LogP contribution < -0.4 is 0 Å². The van der Waals surface area contributed by atoms with Crippen molar-refractivity contribution in [1.82, 2.24) is 0 Å². The predicted molar refractivity (Wildman–Crippen MR) is 46.4 cm³/mol. The fourth-order valence-corrected chi connectivity index (χ4v) is 2.09. The molecule has 1 rings (SSSR count). The minimum atomic E-state index is -4.34. The summed E-state index contributed by atoms with van der Waals surface area (Å²) in [5.41, 5.74) is 0. The molecule has 4 heteroatoms. The Labute approximate surface area is 81.9 Å². The summed E-state index contributed by atoms with van der Waals surface area (Å²) in [5.74, 6) is -2.22. The van der Waals surface area contributed by atoms with E-state index in [0.717, 1.165) is 25.7 Å². The van der Waals surface area contributed by atoms with Gasteiger partial charge in [-0.25, -0.2) is 0 Å². The number of rotatable bonds is 1. The molecule has 0 N–H and O–H groups in total. The average molecular weight is 205 g/mol. The van der Waals surface area contributed by atoms with Gasteiger partial charge in [0.25, 0.3) is 0 Å². The summed E-state index contributed by atoms with van der Waals surface area (Å²) in [6.45, 7) is 0. The van der Waals surface area contributed by atoms with Gasteiger partial charge in [-0.2, -0.15) is 18.4 Å². The first kappa shape index (κ1) is 11.4. The second-order valence-electron chi connectivity index (χ2n) is 3.90. The maximum atomic E-state index is 12.4. The van der Waals surface area contributed by atoms with Gasteiger partial charge in [0.15, 0.2) is 0 Å². The second kappa shape index (κ2) is 4.68. The number of nitriles is 1. The lowest BCUT2D eigenvalue weighted by Gasteiger charge is -2.22. The highest BCUT2D eigenvalue weighted by Crippen LogP contribution is 2.38. The van der Waals surface area contributed by atoms with Gasteiger partial charge in [0.1, 0.15) is 5.92 Å². The van der Waals surface area contributed by atoms with Crippen LogP contribution in [0.4, 0.5) is 13.2 Å². The van der Waals surface area contributed by atoms with Gasteiger partial charge in [0.05, 0.1) is 6.07 Å². The van der Waals surface area contributed by atoms with Crippen molar-refractivity contribution in [3.8, 4) is 6.07 Å². The fourth-order valence-electron chi connectivity index (χ4n) is 2.09. The Balaban J connectivity index is 2.64. The molecule has 0 amide bonds. The summed E-state index contributed by atoms with van der Waals surface area (Å²) in [7, 11) is 0. The zero-order chi connectivity index (χ0) is 10.6. The maximum Gasteiger partial charge on any atom is 0.404 e. The highest BCUT2D eigenvalue weighted by molar-refractivity contribution is 4.93. The van der Waals surface area contributed by atoms with E-state index in [4.69, 9.17) is 5.26 Å². The van der Waals surface area contributed by atoms with Crippen molar-refractivity contribution in [3.05, 3.63) is 0 Å². The molecule has 0 aliphatic heterocycles. The summed E-state index contributed by atoms with van der Waals surface area (Å²) in [6.07, 6.45) is 0.441. The van der Waals surface area contributed by atoms with Crippen LogP contribution in [0.3, 0.4) is 0 Å². The quantitative estimate of drug-likeness (QED) is 0.599. The Bertz CT molecular complexity index is 208. The summed E-state index contributed by atoms with van der Waals surface area (Å²) in [5, 5.41) is 8.54. The van der Waals surface area contributed by atoms with Crippen LogP contribution in [0.25, 0.3) is 0 Å². The molecule has 0 aromatic heterocycles. The second-order valence-corrected chi connectivity index (χ2v) is 3.90. The van der Waals surface area contributed by atoms with Crippen molar-refractivity contribution in [3.63, 3.8) is 0 Å². The van der Waals surface area contributed by atoms with Crippen molar-refractivity contribution < 1.29 is 13.2 Å². The Kier molecular flexibility index (Phi) is 3.79. The van der Waals surface area contributed by atoms with E-state index in [9.17, 15) is 13.2 Å². The fraction of sp³-hybridized carbons (Fsp3) is 0.900. The molecular weight excluding hydrogens is 191 g/mol. The molecule has 1 unspecified atom stereocenters. The first-order valence-electron chi connectivity index (χ1n) is 5.02. The zero-order valence-corrected chi connectivity index (χ0v) is 7.98. The molecule has 0 heterocycles. The van der Waals surface area contributed by atoms with Gasteiger partial charge in [-0.05, 0) is 18.8 Å². The molecule has 1 aliphatic rings. The van der Waals surface area contributed by atoms with E-state index in [-0.39, 0.29) is 0 Å². The van der Waals surface area contributed by atoms with E-state index in [0.29, 0.717) is 12.8 Å². The van der Waals surface area contributed by atoms with Gasteiger partial charge in [-0.3, -0.25) is 0 Å². The molecule has 0 spiro atoms. The van der Waals surface area contributed by atoms with E-state index in [2.05, 4.69) is 0 Å². The molecule has 0 aromatic carbocycles. The summed E-state index contributed by atoms with van der Waals surface area (Å²) in [4.78, 5) is 0. The van der Waals surface area contributed by atoms with Crippen molar-refractivity contribution in [2.75, 3.05) is 0 Å². The van der Waals surface area contributed by atoms with Crippen LogP contribution >= 0.6 is 0 Å². The minimum absolute atomic E-state index is 0.470. The summed E-state index contributed by atoms with van der Waals surface area (Å²) < 4.78 is 37.2. The smallest absolute Gasteiger partial charge is 0.198 e. The molecular formula is C10H14F3N. The SMILES string of the molecule is N#CC(C1CCCCCC1)C(F)(F)F. The van der Waals surface area contributed by atoms with Crippen molar-refractivity contribution >= 4 is 0 Å². The predicted octanol–water partition coefficient (Wildman–Crippen LogP) is 3.66. The molecule has 0 bridgehead atoms. The van der Waals surface area contributed by atoms with Gasteiger partial charge in [-0.15, -0.1) is 0 Å². The highest BCUT2D eigenvalue weighted by atomic mass is 19.4. The average Bonchev–Trinajstić information content (AvgIpc) is 2.31. The van der Waals surface area contributed by atoms with Crippen molar-refractivity contribution in [2.45, 2.75) is 44.7 Å². The molecule has 1 saturated carbocycles. The van der Waals surface area contributed by atoms with Crippen LogP contribution in [0.1, 0.15) is 38.5 Å². The molecule has 80 valence electrons. The Morgan fingerprint density at radius 1 is 1.07 bits per heavy atom. The van der Waals surface area contributed by atoms with Gasteiger partial charge in [0.2, 0.25) is 0 Å². The highest BCUT2D eigenvalue weighted by Gasteiger charge is 2.44. The maximum absolute atomic E-state index is 12.4. The number of halogens is 3. The minimum Gasteiger partial charge on any atom is -0.198 e. The lowest BCUT2D eigenvalue weighted by atomic mass is 9.86. The number of hydrogen-bond acceptors (Lipinski definition) is 1. The first-order valence-corrected chi connectivity index (χ1v) is 5.02. The third-order valence-corrected chi connectivity index (χ3v) is 2.86. The molecule has 0 saturated heterocycles. The molecule has 1 nitrogen and oxygen atoms in total. The normalized spacial score (nSPS) is 22.4. The van der Waals surface area contributed by atoms with E-state index < -0.39 is 18.0 Å². The van der Waals surface area contributed by atoms with Crippen LogP contribution in [0.2, 0.25) is 0 Å². The van der Waals surface area contributed by atoms with E-state index >= 15 is 0 Å². The van der Waals surface area contributed by atoms with Crippen LogP contribution in [-0.4, -0.2) is 6.18 Å². The van der Waals surface area contributed by atoms with E-state index in [1.807, 2.05) is 0 Å². The van der Waals surface area contributed by atoms with Gasteiger partial charge >= 0.3 is 6.18 Å². The molecule has 1 fully saturated rings. The third-order valence-electron chi connectivity index (χ3n) is 2.86. The van der Waals surface area contributed by atoms with Crippen LogP contribution in [0.15, 0.2) is 0 Å². The van der Waals surface area contributed by atoms with Crippen molar-refractivity contribution in [2.24, 2.45) is 11.8 Å². The van der Waals surface area contributed by atoms with E-state index in [1.165, 1.54) is 6.07 Å². The van der Waals surface area contributed by atoms with Gasteiger partial charge in [-0.1, -0.05) is 25.7 Å². The van der Waals surface area contributed by atoms with Crippen LogP contribution in [-0.2, 0) is 0 Å². The molecule has 0 radical (unpaired) electrons. The lowest BCUT2D eigenvalue weighted by Crippen LogP contribution is -2.28. The molecule has 0 aromatic rings. The standard InChI is InChI=1S/C10H14F3N/c11-10(12,13)9(7-14)8-5-3-1-2-4-6-8/h8-9H,1-6H2.